The predicted octanol–water partition coefficient (Wildman–Crippen LogP) is 6.06. The van der Waals surface area contributed by atoms with Crippen molar-refractivity contribution in [3.8, 4) is 0 Å². The molecule has 6 nitrogen and oxygen atoms in total. The number of aryl methyl sites for hydroxylation is 2. The molecule has 0 saturated heterocycles. The lowest BCUT2D eigenvalue weighted by atomic mass is 9.93. The zero-order valence-electron chi connectivity index (χ0n) is 19.8. The molecule has 0 aliphatic carbocycles. The maximum atomic E-state index is 13.9. The first-order chi connectivity index (χ1) is 15.1. The minimum atomic E-state index is -3.42. The molecule has 172 valence electrons. The summed E-state index contributed by atoms with van der Waals surface area (Å²) in [6.45, 7) is 11.9. The van der Waals surface area contributed by atoms with Crippen LogP contribution in [-0.4, -0.2) is 30.8 Å². The van der Waals surface area contributed by atoms with Crippen molar-refractivity contribution in [3.63, 3.8) is 0 Å². The third-order valence-corrected chi connectivity index (χ3v) is 7.81. The number of allylic oxidation sites excluding steroid dienone is 1. The summed E-state index contributed by atoms with van der Waals surface area (Å²) >= 11 is 0. The van der Waals surface area contributed by atoms with Crippen molar-refractivity contribution >= 4 is 24.9 Å². The average molecular weight is 457 g/mol. The highest BCUT2D eigenvalue weighted by atomic mass is 31.2. The van der Waals surface area contributed by atoms with Gasteiger partial charge in [0.25, 0.3) is 5.91 Å². The Balaban J connectivity index is 2.09. The molecule has 0 radical (unpaired) electrons. The first kappa shape index (κ1) is 24.2. The van der Waals surface area contributed by atoms with Crippen molar-refractivity contribution in [2.45, 2.75) is 47.1 Å². The van der Waals surface area contributed by atoms with Crippen LogP contribution in [0.2, 0.25) is 0 Å². The lowest BCUT2D eigenvalue weighted by molar-refractivity contribution is -0.120. The Kier molecular flexibility index (Phi) is 7.29. The number of carbonyl (C=O) groups excluding carboxylic acids is 1. The van der Waals surface area contributed by atoms with Crippen LogP contribution >= 0.6 is 7.60 Å². The van der Waals surface area contributed by atoms with Crippen LogP contribution in [-0.2, 0) is 18.4 Å². The topological polar surface area (TPSA) is 67.9 Å². The molecule has 3 rings (SSSR count). The van der Waals surface area contributed by atoms with Crippen LogP contribution in [0.25, 0.3) is 0 Å². The van der Waals surface area contributed by atoms with Crippen LogP contribution in [0, 0.1) is 13.8 Å². The highest BCUT2D eigenvalue weighted by molar-refractivity contribution is 7.54. The Morgan fingerprint density at radius 2 is 1.41 bits per heavy atom. The van der Waals surface area contributed by atoms with Crippen molar-refractivity contribution in [1.29, 1.82) is 0 Å². The average Bonchev–Trinajstić information content (AvgIpc) is 2.92. The fraction of sp³-hybridized carbons (Fsp3) is 0.400. The number of hydrogen-bond acceptors (Lipinski definition) is 5. The van der Waals surface area contributed by atoms with Gasteiger partial charge in [-0.3, -0.25) is 14.3 Å². The number of nitrogens with zero attached hydrogens (tertiary/aromatic N) is 1. The summed E-state index contributed by atoms with van der Waals surface area (Å²) in [5.41, 5.74) is 4.24. The van der Waals surface area contributed by atoms with Gasteiger partial charge in [-0.15, -0.1) is 0 Å². The Hall–Kier alpha value is -2.40. The van der Waals surface area contributed by atoms with Crippen LogP contribution in [0.3, 0.4) is 0 Å². The summed E-state index contributed by atoms with van der Waals surface area (Å²) in [4.78, 5) is 15.5. The van der Waals surface area contributed by atoms with Crippen molar-refractivity contribution in [2.24, 2.45) is 0 Å². The van der Waals surface area contributed by atoms with Crippen LogP contribution in [0.1, 0.15) is 38.8 Å². The van der Waals surface area contributed by atoms with Gasteiger partial charge >= 0.3 is 7.60 Å². The fourth-order valence-corrected chi connectivity index (χ4v) is 5.69. The van der Waals surface area contributed by atoms with Crippen molar-refractivity contribution < 1.29 is 18.4 Å². The Morgan fingerprint density at radius 3 is 1.91 bits per heavy atom. The lowest BCUT2D eigenvalue weighted by Crippen LogP contribution is -2.46. The normalized spacial score (nSPS) is 19.1. The van der Waals surface area contributed by atoms with E-state index in [-0.39, 0.29) is 25.3 Å². The molecule has 1 atom stereocenters. The predicted molar refractivity (Wildman–Crippen MR) is 130 cm³/mol. The first-order valence-electron chi connectivity index (χ1n) is 11.0. The van der Waals surface area contributed by atoms with E-state index in [2.05, 4.69) is 5.32 Å². The Morgan fingerprint density at radius 1 is 0.906 bits per heavy atom. The maximum Gasteiger partial charge on any atom is 0.336 e. The number of nitrogens with one attached hydrogen (secondary N) is 1. The molecule has 0 aromatic heterocycles. The molecule has 1 aliphatic rings. The second-order valence-electron chi connectivity index (χ2n) is 8.27. The van der Waals surface area contributed by atoms with Crippen molar-refractivity contribution in [1.82, 2.24) is 0 Å². The Bertz CT molecular complexity index is 1040. The minimum Gasteiger partial charge on any atom is -0.368 e. The largest absolute Gasteiger partial charge is 0.368 e. The Labute approximate surface area is 191 Å². The van der Waals surface area contributed by atoms with E-state index < -0.39 is 13.1 Å². The zero-order chi connectivity index (χ0) is 23.5. The zero-order valence-corrected chi connectivity index (χ0v) is 20.7. The molecule has 1 N–H and O–H groups in total. The molecule has 1 heterocycles. The quantitative estimate of drug-likeness (QED) is 0.465. The first-order valence-corrected chi connectivity index (χ1v) is 12.7. The number of rotatable bonds is 9. The monoisotopic (exact) mass is 456 g/mol. The lowest BCUT2D eigenvalue weighted by Gasteiger charge is -2.29. The summed E-state index contributed by atoms with van der Waals surface area (Å²) in [5, 5.41) is 3.41. The summed E-state index contributed by atoms with van der Waals surface area (Å²) in [5.74, 6) is -0.131. The van der Waals surface area contributed by atoms with E-state index in [1.807, 2.05) is 76.2 Å². The third kappa shape index (κ3) is 4.83. The summed E-state index contributed by atoms with van der Waals surface area (Å²) in [6.07, 6.45) is 0.0191. The van der Waals surface area contributed by atoms with Crippen LogP contribution in [0.15, 0.2) is 59.8 Å². The van der Waals surface area contributed by atoms with Crippen molar-refractivity contribution in [2.75, 3.05) is 29.6 Å². The molecule has 1 aliphatic heterocycles. The molecule has 7 heteroatoms. The van der Waals surface area contributed by atoms with Crippen LogP contribution in [0.5, 0.6) is 0 Å². The second-order valence-corrected chi connectivity index (χ2v) is 10.3. The highest BCUT2D eigenvalue weighted by Gasteiger charge is 2.49. The summed E-state index contributed by atoms with van der Waals surface area (Å²) < 4.78 is 24.5. The number of hydrogen-bond donors (Lipinski definition) is 1. The standard InChI is InChI=1S/C25H33N2O4P/c1-7-30-32(29,31-8-2)17-23-20(5)25(6,26-21-13-9-18(3)10-14-21)24(28)27(23)22-15-11-19(4)12-16-22/h9-16,26H,7-8,17H2,1-6H3/t25-/m1/s1. The highest BCUT2D eigenvalue weighted by Crippen LogP contribution is 2.53. The van der Waals surface area contributed by atoms with E-state index in [0.717, 1.165) is 28.1 Å². The number of amides is 1. The second kappa shape index (κ2) is 9.62. The third-order valence-electron chi connectivity index (χ3n) is 5.82. The molecule has 2 aromatic carbocycles. The molecule has 0 unspecified atom stereocenters. The number of carbonyl (C=O) groups is 1. The van der Waals surface area contributed by atoms with E-state index in [9.17, 15) is 9.36 Å². The SMILES string of the molecule is CCOP(=O)(CC1=C(C)[C@@](C)(Nc2ccc(C)cc2)C(=O)N1c1ccc(C)cc1)OCC. The minimum absolute atomic E-state index is 0.0191. The number of anilines is 2. The van der Waals surface area contributed by atoms with E-state index in [4.69, 9.17) is 9.05 Å². The van der Waals surface area contributed by atoms with Crippen LogP contribution < -0.4 is 10.2 Å². The molecule has 0 bridgehead atoms. The molecule has 32 heavy (non-hydrogen) atoms. The fourth-order valence-electron chi connectivity index (χ4n) is 3.90. The van der Waals surface area contributed by atoms with Gasteiger partial charge in [0.2, 0.25) is 0 Å². The molecular weight excluding hydrogens is 423 g/mol. The molecule has 0 saturated carbocycles. The van der Waals surface area contributed by atoms with Gasteiger partial charge in [-0.2, -0.15) is 0 Å². The van der Waals surface area contributed by atoms with Gasteiger partial charge in [-0.1, -0.05) is 35.4 Å². The number of benzene rings is 2. The summed E-state index contributed by atoms with van der Waals surface area (Å²) in [7, 11) is -3.42. The molecular formula is C25H33N2O4P. The molecule has 0 spiro atoms. The van der Waals surface area contributed by atoms with Crippen molar-refractivity contribution in [3.05, 3.63) is 70.9 Å². The smallest absolute Gasteiger partial charge is 0.336 e. The molecule has 1 amide bonds. The van der Waals surface area contributed by atoms with E-state index >= 15 is 0 Å². The van der Waals surface area contributed by atoms with E-state index in [1.54, 1.807) is 18.7 Å². The summed E-state index contributed by atoms with van der Waals surface area (Å²) in [6, 6.07) is 15.7. The molecule has 2 aromatic rings. The van der Waals surface area contributed by atoms with Crippen LogP contribution in [0.4, 0.5) is 11.4 Å². The van der Waals surface area contributed by atoms with Gasteiger partial charge in [0.15, 0.2) is 0 Å². The van der Waals surface area contributed by atoms with Gasteiger partial charge in [0.05, 0.1) is 19.4 Å². The van der Waals surface area contributed by atoms with Gasteiger partial charge in [0, 0.05) is 17.1 Å². The van der Waals surface area contributed by atoms with E-state index in [0.29, 0.717) is 5.70 Å². The van der Waals surface area contributed by atoms with Gasteiger partial charge < -0.3 is 14.4 Å². The van der Waals surface area contributed by atoms with E-state index in [1.165, 1.54) is 0 Å². The van der Waals surface area contributed by atoms with Gasteiger partial charge in [0.1, 0.15) is 5.54 Å². The maximum absolute atomic E-state index is 13.9. The van der Waals surface area contributed by atoms with Gasteiger partial charge in [-0.05, 0) is 71.4 Å². The van der Waals surface area contributed by atoms with Gasteiger partial charge in [-0.25, -0.2) is 0 Å². The molecule has 0 fully saturated rings.